The number of aliphatic hydroxyl groups excluding tert-OH is 1. The van der Waals surface area contributed by atoms with E-state index in [-0.39, 0.29) is 12.2 Å². The smallest absolute Gasteiger partial charge is 0.407 e. The molecule has 0 saturated carbocycles. The normalized spacial score (nSPS) is 15.0. The Balaban J connectivity index is 4.12. The van der Waals surface area contributed by atoms with Crippen LogP contribution in [0, 0.1) is 11.8 Å². The van der Waals surface area contributed by atoms with Crippen LogP contribution in [0.1, 0.15) is 48.0 Å². The van der Waals surface area contributed by atoms with E-state index in [1.165, 1.54) is 0 Å². The topological polar surface area (TPSA) is 70.6 Å². The highest BCUT2D eigenvalue weighted by atomic mass is 16.6. The zero-order valence-corrected chi connectivity index (χ0v) is 13.8. The second-order valence-corrected chi connectivity index (χ2v) is 6.89. The second kappa shape index (κ2) is 9.19. The van der Waals surface area contributed by atoms with E-state index in [1.807, 2.05) is 20.8 Å². The molecule has 5 nitrogen and oxygen atoms in total. The van der Waals surface area contributed by atoms with Gasteiger partial charge in [-0.3, -0.25) is 0 Å². The molecule has 0 radical (unpaired) electrons. The SMILES string of the molecule is CC(C)CC(CNC[C@@H](C)O)CNC(=O)OC(C)(C)C. The third kappa shape index (κ3) is 12.2. The van der Waals surface area contributed by atoms with Crippen molar-refractivity contribution in [2.24, 2.45) is 11.8 Å². The van der Waals surface area contributed by atoms with Crippen LogP contribution in [0.3, 0.4) is 0 Å². The van der Waals surface area contributed by atoms with Crippen molar-refractivity contribution in [1.29, 1.82) is 0 Å². The van der Waals surface area contributed by atoms with Crippen molar-refractivity contribution in [3.63, 3.8) is 0 Å². The highest BCUT2D eigenvalue weighted by Crippen LogP contribution is 2.11. The average Bonchev–Trinajstić information content (AvgIpc) is 2.22. The van der Waals surface area contributed by atoms with Crippen molar-refractivity contribution in [3.8, 4) is 0 Å². The first-order chi connectivity index (χ1) is 9.10. The molecule has 0 bridgehead atoms. The van der Waals surface area contributed by atoms with Crippen molar-refractivity contribution < 1.29 is 14.6 Å². The van der Waals surface area contributed by atoms with Crippen LogP contribution in [-0.2, 0) is 4.74 Å². The van der Waals surface area contributed by atoms with Gasteiger partial charge in [-0.15, -0.1) is 0 Å². The fourth-order valence-corrected chi connectivity index (χ4v) is 1.94. The van der Waals surface area contributed by atoms with Crippen molar-refractivity contribution in [2.75, 3.05) is 19.6 Å². The van der Waals surface area contributed by atoms with E-state index < -0.39 is 5.60 Å². The van der Waals surface area contributed by atoms with Gasteiger partial charge in [0.05, 0.1) is 6.10 Å². The Morgan fingerprint density at radius 1 is 1.15 bits per heavy atom. The van der Waals surface area contributed by atoms with Gasteiger partial charge in [-0.25, -0.2) is 4.79 Å². The van der Waals surface area contributed by atoms with E-state index in [0.29, 0.717) is 24.9 Å². The fraction of sp³-hybridized carbons (Fsp3) is 0.933. The van der Waals surface area contributed by atoms with Gasteiger partial charge in [0.2, 0.25) is 0 Å². The van der Waals surface area contributed by atoms with Gasteiger partial charge in [0, 0.05) is 13.1 Å². The first-order valence-corrected chi connectivity index (χ1v) is 7.45. The van der Waals surface area contributed by atoms with Crippen LogP contribution in [0.2, 0.25) is 0 Å². The summed E-state index contributed by atoms with van der Waals surface area (Å²) in [7, 11) is 0. The zero-order valence-electron chi connectivity index (χ0n) is 13.8. The zero-order chi connectivity index (χ0) is 15.8. The van der Waals surface area contributed by atoms with Crippen molar-refractivity contribution in [1.82, 2.24) is 10.6 Å². The monoisotopic (exact) mass is 288 g/mol. The molecule has 5 heteroatoms. The van der Waals surface area contributed by atoms with Gasteiger partial charge in [0.25, 0.3) is 0 Å². The lowest BCUT2D eigenvalue weighted by Gasteiger charge is -2.23. The molecule has 0 aliphatic rings. The van der Waals surface area contributed by atoms with Crippen molar-refractivity contribution in [2.45, 2.75) is 59.7 Å². The predicted molar refractivity (Wildman–Crippen MR) is 81.7 cm³/mol. The van der Waals surface area contributed by atoms with Gasteiger partial charge in [-0.2, -0.15) is 0 Å². The number of carbonyl (C=O) groups excluding carboxylic acids is 1. The molecule has 0 aromatic heterocycles. The summed E-state index contributed by atoms with van der Waals surface area (Å²) >= 11 is 0. The largest absolute Gasteiger partial charge is 0.444 e. The third-order valence-corrected chi connectivity index (χ3v) is 2.61. The van der Waals surface area contributed by atoms with Gasteiger partial charge in [0.1, 0.15) is 5.60 Å². The maximum atomic E-state index is 11.6. The molecule has 0 aromatic carbocycles. The summed E-state index contributed by atoms with van der Waals surface area (Å²) in [6.07, 6.45) is 0.290. The fourth-order valence-electron chi connectivity index (χ4n) is 1.94. The Morgan fingerprint density at radius 3 is 2.20 bits per heavy atom. The molecule has 0 aliphatic heterocycles. The first kappa shape index (κ1) is 19.2. The Bertz CT molecular complexity index is 273. The predicted octanol–water partition coefficient (Wildman–Crippen LogP) is 2.14. The standard InChI is InChI=1S/C15H32N2O3/c1-11(2)7-13(9-16-8-12(3)18)10-17-14(19)20-15(4,5)6/h11-13,16,18H,7-10H2,1-6H3,(H,17,19)/t12-,13?/m1/s1. The Morgan fingerprint density at radius 2 is 1.75 bits per heavy atom. The van der Waals surface area contributed by atoms with E-state index in [9.17, 15) is 9.90 Å². The maximum absolute atomic E-state index is 11.6. The van der Waals surface area contributed by atoms with Crippen molar-refractivity contribution >= 4 is 6.09 Å². The Labute approximate surface area is 123 Å². The van der Waals surface area contributed by atoms with Crippen molar-refractivity contribution in [3.05, 3.63) is 0 Å². The number of ether oxygens (including phenoxy) is 1. The molecule has 120 valence electrons. The summed E-state index contributed by atoms with van der Waals surface area (Å²) in [5.41, 5.74) is -0.470. The summed E-state index contributed by atoms with van der Waals surface area (Å²) in [6.45, 7) is 13.6. The van der Waals surface area contributed by atoms with Crippen LogP contribution >= 0.6 is 0 Å². The first-order valence-electron chi connectivity index (χ1n) is 7.45. The molecule has 3 N–H and O–H groups in total. The third-order valence-electron chi connectivity index (χ3n) is 2.61. The molecule has 1 amide bonds. The lowest BCUT2D eigenvalue weighted by atomic mass is 9.97. The Hall–Kier alpha value is -0.810. The molecule has 0 fully saturated rings. The summed E-state index contributed by atoms with van der Waals surface area (Å²) in [5, 5.41) is 15.3. The minimum Gasteiger partial charge on any atom is -0.444 e. The summed E-state index contributed by atoms with van der Waals surface area (Å²) < 4.78 is 5.23. The van der Waals surface area contributed by atoms with Gasteiger partial charge in [-0.1, -0.05) is 13.8 Å². The number of amides is 1. The lowest BCUT2D eigenvalue weighted by molar-refractivity contribution is 0.0516. The van der Waals surface area contributed by atoms with E-state index in [0.717, 1.165) is 13.0 Å². The number of carbonyl (C=O) groups is 1. The molecular weight excluding hydrogens is 256 g/mol. The molecular formula is C15H32N2O3. The highest BCUT2D eigenvalue weighted by Gasteiger charge is 2.18. The van der Waals surface area contributed by atoms with Crippen LogP contribution in [0.4, 0.5) is 4.79 Å². The van der Waals surface area contributed by atoms with E-state index >= 15 is 0 Å². The van der Waals surface area contributed by atoms with Gasteiger partial charge in [-0.05, 0) is 52.5 Å². The van der Waals surface area contributed by atoms with Gasteiger partial charge < -0.3 is 20.5 Å². The number of hydrogen-bond acceptors (Lipinski definition) is 4. The van der Waals surface area contributed by atoms with Gasteiger partial charge in [0.15, 0.2) is 0 Å². The molecule has 20 heavy (non-hydrogen) atoms. The molecule has 0 aliphatic carbocycles. The molecule has 2 atom stereocenters. The molecule has 0 aromatic rings. The molecule has 1 unspecified atom stereocenters. The van der Waals surface area contributed by atoms with E-state index in [4.69, 9.17) is 4.74 Å². The average molecular weight is 288 g/mol. The minimum atomic E-state index is -0.470. The number of nitrogens with one attached hydrogen (secondary N) is 2. The van der Waals surface area contributed by atoms with Crippen LogP contribution in [0.5, 0.6) is 0 Å². The molecule has 0 heterocycles. The summed E-state index contributed by atoms with van der Waals surface area (Å²) in [5.74, 6) is 0.898. The number of aliphatic hydroxyl groups is 1. The number of hydrogen-bond donors (Lipinski definition) is 3. The van der Waals surface area contributed by atoms with Crippen LogP contribution in [0.15, 0.2) is 0 Å². The minimum absolute atomic E-state index is 0.335. The van der Waals surface area contributed by atoms with Gasteiger partial charge >= 0.3 is 6.09 Å². The summed E-state index contributed by atoms with van der Waals surface area (Å²) in [6, 6.07) is 0. The quantitative estimate of drug-likeness (QED) is 0.640. The van der Waals surface area contributed by atoms with Crippen LogP contribution in [0.25, 0.3) is 0 Å². The van der Waals surface area contributed by atoms with Crippen LogP contribution < -0.4 is 10.6 Å². The lowest BCUT2D eigenvalue weighted by Crippen LogP contribution is -2.39. The molecule has 0 saturated heterocycles. The van der Waals surface area contributed by atoms with Crippen LogP contribution in [-0.4, -0.2) is 42.5 Å². The van der Waals surface area contributed by atoms with E-state index in [2.05, 4.69) is 24.5 Å². The number of alkyl carbamates (subject to hydrolysis) is 1. The molecule has 0 spiro atoms. The highest BCUT2D eigenvalue weighted by molar-refractivity contribution is 5.67. The maximum Gasteiger partial charge on any atom is 0.407 e. The molecule has 0 rings (SSSR count). The summed E-state index contributed by atoms with van der Waals surface area (Å²) in [4.78, 5) is 11.6. The number of rotatable bonds is 8. The van der Waals surface area contributed by atoms with E-state index in [1.54, 1.807) is 6.92 Å². The Kier molecular flexibility index (Phi) is 8.81. The second-order valence-electron chi connectivity index (χ2n) is 6.89.